The Morgan fingerprint density at radius 1 is 0.453 bits per heavy atom. The van der Waals surface area contributed by atoms with E-state index in [2.05, 4.69) is 62.5 Å². The zero-order valence-electron chi connectivity index (χ0n) is 56.2. The molecule has 1 heterocycles. The van der Waals surface area contributed by atoms with Gasteiger partial charge in [-0.3, -0.25) is 9.59 Å². The summed E-state index contributed by atoms with van der Waals surface area (Å²) >= 11 is 0. The number of allylic oxidation sites excluding steroid dienone is 7. The molecule has 86 heavy (non-hydrogen) atoms. The molecule has 504 valence electrons. The SMILES string of the molecule is CCCCC/C=C\C/C=C\C/C=C\CCCCCCCCCCCCC(=O)OC1C(OCC(NC(=O)C(O)CCCCCCCCCCCCCCCCCCCCCCCC)C(O)/C=C/CCCCCCCCCCCC)OC(CO)C(O)C1O. The molecule has 1 fully saturated rings. The van der Waals surface area contributed by atoms with Crippen molar-refractivity contribution in [3.63, 3.8) is 0 Å². The summed E-state index contributed by atoms with van der Waals surface area (Å²) in [5.41, 5.74) is 0. The molecule has 0 bridgehead atoms. The van der Waals surface area contributed by atoms with Crippen LogP contribution in [0.4, 0.5) is 0 Å². The molecular formula is C75H139NO10. The Labute approximate surface area is 529 Å². The van der Waals surface area contributed by atoms with Gasteiger partial charge in [0.1, 0.15) is 24.4 Å². The van der Waals surface area contributed by atoms with E-state index in [9.17, 15) is 35.1 Å². The van der Waals surface area contributed by atoms with Crippen LogP contribution in [0.25, 0.3) is 0 Å². The van der Waals surface area contributed by atoms with Crippen molar-refractivity contribution < 1.29 is 49.3 Å². The predicted octanol–water partition coefficient (Wildman–Crippen LogP) is 19.1. The van der Waals surface area contributed by atoms with Gasteiger partial charge in [0.25, 0.3) is 0 Å². The van der Waals surface area contributed by atoms with E-state index in [0.717, 1.165) is 77.0 Å². The fourth-order valence-electron chi connectivity index (χ4n) is 11.7. The Hall–Kier alpha value is -2.38. The fourth-order valence-corrected chi connectivity index (χ4v) is 11.7. The van der Waals surface area contributed by atoms with Crippen molar-refractivity contribution >= 4 is 11.9 Å². The Kier molecular flexibility index (Phi) is 59.6. The van der Waals surface area contributed by atoms with E-state index in [-0.39, 0.29) is 13.0 Å². The normalized spacial score (nSPS) is 18.5. The summed E-state index contributed by atoms with van der Waals surface area (Å²) in [6.45, 7) is 5.82. The summed E-state index contributed by atoms with van der Waals surface area (Å²) in [7, 11) is 0. The molecule has 1 aliphatic rings. The molecule has 0 aromatic carbocycles. The number of esters is 1. The number of hydrogen-bond donors (Lipinski definition) is 6. The summed E-state index contributed by atoms with van der Waals surface area (Å²) in [5.74, 6) is -1.18. The maximum atomic E-state index is 13.5. The first-order valence-electron chi connectivity index (χ1n) is 36.9. The standard InChI is InChI=1S/C75H139NO10/c1-4-7-10-13-16-19-22-25-27-29-31-33-35-37-39-41-43-45-48-51-54-57-60-63-70(80)86-73-72(82)71(81)69(64-77)85-75(73)84-65-66(67(78)61-58-55-52-49-46-24-21-18-15-12-9-6-3)76-74(83)68(79)62-59-56-53-50-47-44-42-40-38-36-34-32-30-28-26-23-20-17-14-11-8-5-2/h16,19,25,27,31,33,58,61,66-69,71-73,75,77-79,81-82H,4-15,17-18,20-24,26,28-30,32,34-57,59-60,62-65H2,1-3H3,(H,76,83)/b19-16-,27-25-,33-31-,61-58+. The number of aliphatic hydroxyl groups excluding tert-OH is 5. The van der Waals surface area contributed by atoms with Gasteiger partial charge in [-0.25, -0.2) is 0 Å². The molecule has 11 heteroatoms. The maximum Gasteiger partial charge on any atom is 0.306 e. The zero-order valence-corrected chi connectivity index (χ0v) is 56.2. The Morgan fingerprint density at radius 3 is 1.22 bits per heavy atom. The van der Waals surface area contributed by atoms with E-state index in [4.69, 9.17) is 14.2 Å². The lowest BCUT2D eigenvalue weighted by Crippen LogP contribution is -2.61. The summed E-state index contributed by atoms with van der Waals surface area (Å²) in [5, 5.41) is 57.3. The largest absolute Gasteiger partial charge is 0.454 e. The van der Waals surface area contributed by atoms with Gasteiger partial charge >= 0.3 is 5.97 Å². The highest BCUT2D eigenvalue weighted by molar-refractivity contribution is 5.80. The van der Waals surface area contributed by atoms with Gasteiger partial charge in [-0.2, -0.15) is 0 Å². The zero-order chi connectivity index (χ0) is 62.4. The second kappa shape index (κ2) is 62.8. The molecule has 0 radical (unpaired) electrons. The molecule has 11 nitrogen and oxygen atoms in total. The van der Waals surface area contributed by atoms with Crippen LogP contribution in [0, 0.1) is 0 Å². The monoisotopic (exact) mass is 1210 g/mol. The van der Waals surface area contributed by atoms with Crippen LogP contribution in [0.3, 0.4) is 0 Å². The van der Waals surface area contributed by atoms with Crippen molar-refractivity contribution in [3.8, 4) is 0 Å². The third-order valence-electron chi connectivity index (χ3n) is 17.5. The predicted molar refractivity (Wildman–Crippen MR) is 361 cm³/mol. The quantitative estimate of drug-likeness (QED) is 0.0195. The maximum absolute atomic E-state index is 13.5. The first-order chi connectivity index (χ1) is 42.2. The third kappa shape index (κ3) is 49.4. The van der Waals surface area contributed by atoms with Crippen molar-refractivity contribution in [2.75, 3.05) is 13.2 Å². The molecule has 1 aliphatic heterocycles. The van der Waals surface area contributed by atoms with E-state index >= 15 is 0 Å². The molecule has 1 rings (SSSR count). The minimum absolute atomic E-state index is 0.120. The van der Waals surface area contributed by atoms with Crippen LogP contribution in [-0.4, -0.2) is 99.6 Å². The topological polar surface area (TPSA) is 175 Å². The molecular weight excluding hydrogens is 1070 g/mol. The van der Waals surface area contributed by atoms with Crippen LogP contribution in [-0.2, 0) is 23.8 Å². The van der Waals surface area contributed by atoms with Gasteiger partial charge in [0, 0.05) is 6.42 Å². The smallest absolute Gasteiger partial charge is 0.306 e. The molecule has 0 aromatic rings. The molecule has 8 unspecified atom stereocenters. The lowest BCUT2D eigenvalue weighted by Gasteiger charge is -2.41. The van der Waals surface area contributed by atoms with Crippen molar-refractivity contribution in [3.05, 3.63) is 48.6 Å². The van der Waals surface area contributed by atoms with E-state index in [1.807, 2.05) is 6.08 Å². The van der Waals surface area contributed by atoms with Gasteiger partial charge in [0.2, 0.25) is 5.91 Å². The number of unbranched alkanes of at least 4 members (excludes halogenated alkanes) is 44. The molecule has 8 atom stereocenters. The summed E-state index contributed by atoms with van der Waals surface area (Å²) in [6, 6.07) is -1.02. The van der Waals surface area contributed by atoms with Gasteiger partial charge in [0.05, 0.1) is 25.4 Å². The first kappa shape index (κ1) is 81.6. The number of carbonyl (C=O) groups excluding carboxylic acids is 2. The number of aliphatic hydroxyl groups is 5. The molecule has 6 N–H and O–H groups in total. The summed E-state index contributed by atoms with van der Waals surface area (Å²) < 4.78 is 17.7. The average molecular weight is 1210 g/mol. The number of rotatable bonds is 64. The van der Waals surface area contributed by atoms with Gasteiger partial charge in [0.15, 0.2) is 12.4 Å². The van der Waals surface area contributed by atoms with Crippen LogP contribution < -0.4 is 5.32 Å². The van der Waals surface area contributed by atoms with Gasteiger partial charge < -0.3 is 45.1 Å². The van der Waals surface area contributed by atoms with E-state index in [1.54, 1.807) is 6.08 Å². The Balaban J connectivity index is 2.55. The number of hydrogen-bond acceptors (Lipinski definition) is 10. The number of nitrogens with one attached hydrogen (secondary N) is 1. The van der Waals surface area contributed by atoms with Crippen LogP contribution in [0.5, 0.6) is 0 Å². The van der Waals surface area contributed by atoms with Gasteiger partial charge in [-0.05, 0) is 64.2 Å². The molecule has 1 amide bonds. The van der Waals surface area contributed by atoms with Crippen molar-refractivity contribution in [2.24, 2.45) is 0 Å². The second-order valence-corrected chi connectivity index (χ2v) is 25.7. The summed E-state index contributed by atoms with van der Waals surface area (Å²) in [4.78, 5) is 26.7. The van der Waals surface area contributed by atoms with Crippen LogP contribution in [0.1, 0.15) is 355 Å². The van der Waals surface area contributed by atoms with Crippen molar-refractivity contribution in [2.45, 2.75) is 404 Å². The van der Waals surface area contributed by atoms with Crippen molar-refractivity contribution in [1.82, 2.24) is 5.32 Å². The van der Waals surface area contributed by atoms with E-state index in [1.165, 1.54) is 231 Å². The van der Waals surface area contributed by atoms with Gasteiger partial charge in [-0.1, -0.05) is 333 Å². The van der Waals surface area contributed by atoms with Crippen molar-refractivity contribution in [1.29, 1.82) is 0 Å². The number of carbonyl (C=O) groups is 2. The average Bonchev–Trinajstić information content (AvgIpc) is 3.39. The van der Waals surface area contributed by atoms with Crippen LogP contribution in [0.15, 0.2) is 48.6 Å². The minimum Gasteiger partial charge on any atom is -0.454 e. The van der Waals surface area contributed by atoms with E-state index in [0.29, 0.717) is 19.3 Å². The molecule has 0 spiro atoms. The Bertz CT molecular complexity index is 1590. The lowest BCUT2D eigenvalue weighted by atomic mass is 9.99. The number of ether oxygens (including phenoxy) is 3. The minimum atomic E-state index is -1.62. The highest BCUT2D eigenvalue weighted by Crippen LogP contribution is 2.26. The summed E-state index contributed by atoms with van der Waals surface area (Å²) in [6.07, 6.45) is 68.7. The highest BCUT2D eigenvalue weighted by Gasteiger charge is 2.47. The lowest BCUT2D eigenvalue weighted by molar-refractivity contribution is -0.305. The third-order valence-corrected chi connectivity index (χ3v) is 17.5. The highest BCUT2D eigenvalue weighted by atomic mass is 16.7. The molecule has 0 aromatic heterocycles. The number of amides is 1. The van der Waals surface area contributed by atoms with E-state index < -0.39 is 67.4 Å². The van der Waals surface area contributed by atoms with Crippen LogP contribution in [0.2, 0.25) is 0 Å². The molecule has 0 saturated carbocycles. The fraction of sp³-hybridized carbons (Fsp3) is 0.867. The first-order valence-corrected chi connectivity index (χ1v) is 36.9. The second-order valence-electron chi connectivity index (χ2n) is 25.7. The van der Waals surface area contributed by atoms with Crippen LogP contribution >= 0.6 is 0 Å². The molecule has 1 saturated heterocycles. The Morgan fingerprint density at radius 2 is 0.802 bits per heavy atom. The van der Waals surface area contributed by atoms with Gasteiger partial charge in [-0.15, -0.1) is 0 Å². The molecule has 0 aliphatic carbocycles.